The van der Waals surface area contributed by atoms with Crippen molar-refractivity contribution >= 4 is 9.84 Å². The Bertz CT molecular complexity index is 624. The Kier molecular flexibility index (Phi) is 4.54. The van der Waals surface area contributed by atoms with E-state index in [2.05, 4.69) is 41.0 Å². The van der Waals surface area contributed by atoms with Gasteiger partial charge in [-0.25, -0.2) is 8.42 Å². The predicted octanol–water partition coefficient (Wildman–Crippen LogP) is 0.271. The van der Waals surface area contributed by atoms with E-state index in [0.717, 1.165) is 32.7 Å². The van der Waals surface area contributed by atoms with Crippen LogP contribution in [0.5, 0.6) is 0 Å². The van der Waals surface area contributed by atoms with Crippen LogP contribution in [0.1, 0.15) is 11.1 Å². The summed E-state index contributed by atoms with van der Waals surface area (Å²) in [6.07, 6.45) is -0.728. The second-order valence-corrected chi connectivity index (χ2v) is 8.67. The van der Waals surface area contributed by atoms with E-state index in [-0.39, 0.29) is 17.5 Å². The number of hydrogen-bond donors (Lipinski definition) is 1. The summed E-state index contributed by atoms with van der Waals surface area (Å²) >= 11 is 0. The smallest absolute Gasteiger partial charge is 0.154 e. The maximum absolute atomic E-state index is 11.6. The van der Waals surface area contributed by atoms with Gasteiger partial charge in [0, 0.05) is 32.7 Å². The Hall–Kier alpha value is -0.950. The van der Waals surface area contributed by atoms with Crippen molar-refractivity contribution in [1.29, 1.82) is 0 Å². The summed E-state index contributed by atoms with van der Waals surface area (Å²) in [5.74, 6) is 0.0211. The van der Waals surface area contributed by atoms with Gasteiger partial charge in [-0.15, -0.1) is 0 Å². The number of aliphatic hydroxyl groups excluding tert-OH is 1. The minimum atomic E-state index is -3.07. The van der Waals surface area contributed by atoms with Gasteiger partial charge < -0.3 is 5.11 Å². The third-order valence-electron chi connectivity index (χ3n) is 4.66. The normalized spacial score (nSPS) is 29.7. The SMILES string of the molecule is Cc1cccc(CN2CCN([C@H]3CS(=O)(=O)C[C@@H]3O)CC2)c1. The lowest BCUT2D eigenvalue weighted by atomic mass is 10.1. The lowest BCUT2D eigenvalue weighted by Gasteiger charge is -2.38. The highest BCUT2D eigenvalue weighted by Gasteiger charge is 2.40. The zero-order valence-electron chi connectivity index (χ0n) is 13.0. The highest BCUT2D eigenvalue weighted by atomic mass is 32.2. The quantitative estimate of drug-likeness (QED) is 0.865. The summed E-state index contributed by atoms with van der Waals surface area (Å²) < 4.78 is 23.3. The first-order valence-electron chi connectivity index (χ1n) is 7.83. The Labute approximate surface area is 132 Å². The summed E-state index contributed by atoms with van der Waals surface area (Å²) in [5.41, 5.74) is 2.59. The number of piperazine rings is 1. The Morgan fingerprint density at radius 1 is 1.18 bits per heavy atom. The molecule has 0 unspecified atom stereocenters. The molecule has 0 bridgehead atoms. The van der Waals surface area contributed by atoms with Crippen LogP contribution in [0.2, 0.25) is 0 Å². The molecule has 22 heavy (non-hydrogen) atoms. The molecule has 0 aromatic heterocycles. The Morgan fingerprint density at radius 3 is 2.50 bits per heavy atom. The van der Waals surface area contributed by atoms with Gasteiger partial charge in [-0.05, 0) is 12.5 Å². The summed E-state index contributed by atoms with van der Waals surface area (Å²) in [6.45, 7) is 6.50. The second kappa shape index (κ2) is 6.28. The minimum Gasteiger partial charge on any atom is -0.390 e. The first-order chi connectivity index (χ1) is 10.4. The fourth-order valence-electron chi connectivity index (χ4n) is 3.48. The van der Waals surface area contributed by atoms with Crippen LogP contribution in [0.15, 0.2) is 24.3 Å². The van der Waals surface area contributed by atoms with Gasteiger partial charge in [-0.2, -0.15) is 0 Å². The number of rotatable bonds is 3. The van der Waals surface area contributed by atoms with E-state index in [4.69, 9.17) is 0 Å². The second-order valence-electron chi connectivity index (χ2n) is 6.51. The molecule has 2 aliphatic rings. The molecule has 5 nitrogen and oxygen atoms in total. The van der Waals surface area contributed by atoms with Gasteiger partial charge in [0.15, 0.2) is 9.84 Å². The summed E-state index contributed by atoms with van der Waals surface area (Å²) in [6, 6.07) is 8.32. The van der Waals surface area contributed by atoms with Gasteiger partial charge >= 0.3 is 0 Å². The first kappa shape index (κ1) is 15.9. The van der Waals surface area contributed by atoms with Crippen molar-refractivity contribution in [2.45, 2.75) is 25.6 Å². The molecule has 2 saturated heterocycles. The van der Waals surface area contributed by atoms with E-state index in [1.165, 1.54) is 11.1 Å². The Morgan fingerprint density at radius 2 is 1.91 bits per heavy atom. The summed E-state index contributed by atoms with van der Waals surface area (Å²) in [7, 11) is -3.07. The molecule has 2 fully saturated rings. The minimum absolute atomic E-state index is 0.0822. The number of aliphatic hydroxyl groups is 1. The zero-order chi connectivity index (χ0) is 15.7. The predicted molar refractivity (Wildman–Crippen MR) is 86.5 cm³/mol. The van der Waals surface area contributed by atoms with E-state index < -0.39 is 15.9 Å². The standard InChI is InChI=1S/C16H24N2O3S/c1-13-3-2-4-14(9-13)10-17-5-7-18(8-6-17)15-11-22(20,21)12-16(15)19/h2-4,9,15-16,19H,5-8,10-12H2,1H3/t15-,16-/m0/s1. The maximum Gasteiger partial charge on any atom is 0.154 e. The molecule has 0 spiro atoms. The molecule has 0 aliphatic carbocycles. The van der Waals surface area contributed by atoms with Gasteiger partial charge in [0.2, 0.25) is 0 Å². The summed E-state index contributed by atoms with van der Waals surface area (Å²) in [5, 5.41) is 9.97. The van der Waals surface area contributed by atoms with Crippen LogP contribution in [0.4, 0.5) is 0 Å². The Balaban J connectivity index is 1.54. The molecule has 122 valence electrons. The molecule has 2 atom stereocenters. The topological polar surface area (TPSA) is 60.9 Å². The lowest BCUT2D eigenvalue weighted by molar-refractivity contribution is 0.0424. The van der Waals surface area contributed by atoms with Crippen LogP contribution in [-0.2, 0) is 16.4 Å². The first-order valence-corrected chi connectivity index (χ1v) is 9.65. The highest BCUT2D eigenvalue weighted by Crippen LogP contribution is 2.20. The highest BCUT2D eigenvalue weighted by molar-refractivity contribution is 7.91. The van der Waals surface area contributed by atoms with Crippen LogP contribution in [-0.4, -0.2) is 73.2 Å². The monoisotopic (exact) mass is 324 g/mol. The van der Waals surface area contributed by atoms with Crippen LogP contribution in [0.3, 0.4) is 0 Å². The molecule has 6 heteroatoms. The van der Waals surface area contributed by atoms with Crippen LogP contribution in [0, 0.1) is 6.92 Å². The van der Waals surface area contributed by atoms with E-state index in [1.54, 1.807) is 0 Å². The van der Waals surface area contributed by atoms with Gasteiger partial charge in [-0.1, -0.05) is 29.8 Å². The van der Waals surface area contributed by atoms with Crippen molar-refractivity contribution in [2.75, 3.05) is 37.7 Å². The number of sulfone groups is 1. The van der Waals surface area contributed by atoms with Crippen LogP contribution < -0.4 is 0 Å². The molecule has 0 radical (unpaired) electrons. The molecule has 2 aliphatic heterocycles. The average molecular weight is 324 g/mol. The van der Waals surface area contributed by atoms with Gasteiger partial charge in [-0.3, -0.25) is 9.80 Å². The fourth-order valence-corrected chi connectivity index (χ4v) is 5.31. The van der Waals surface area contributed by atoms with Gasteiger partial charge in [0.05, 0.1) is 23.7 Å². The summed E-state index contributed by atoms with van der Waals surface area (Å²) in [4.78, 5) is 4.53. The van der Waals surface area contributed by atoms with Crippen molar-refractivity contribution < 1.29 is 13.5 Å². The molecule has 1 aromatic carbocycles. The zero-order valence-corrected chi connectivity index (χ0v) is 13.8. The average Bonchev–Trinajstić information content (AvgIpc) is 2.73. The largest absolute Gasteiger partial charge is 0.390 e. The van der Waals surface area contributed by atoms with E-state index in [0.29, 0.717) is 0 Å². The van der Waals surface area contributed by atoms with Crippen molar-refractivity contribution in [3.05, 3.63) is 35.4 Å². The van der Waals surface area contributed by atoms with Crippen LogP contribution >= 0.6 is 0 Å². The molecule has 0 saturated carbocycles. The third-order valence-corrected chi connectivity index (χ3v) is 6.36. The number of benzene rings is 1. The number of hydrogen-bond acceptors (Lipinski definition) is 5. The molecule has 2 heterocycles. The van der Waals surface area contributed by atoms with E-state index in [1.807, 2.05) is 0 Å². The van der Waals surface area contributed by atoms with Crippen molar-refractivity contribution in [1.82, 2.24) is 9.80 Å². The third kappa shape index (κ3) is 3.68. The van der Waals surface area contributed by atoms with Crippen molar-refractivity contribution in [2.24, 2.45) is 0 Å². The number of nitrogens with zero attached hydrogens (tertiary/aromatic N) is 2. The molecule has 0 amide bonds. The maximum atomic E-state index is 11.6. The van der Waals surface area contributed by atoms with Crippen molar-refractivity contribution in [3.63, 3.8) is 0 Å². The van der Waals surface area contributed by atoms with Crippen molar-refractivity contribution in [3.8, 4) is 0 Å². The molecule has 1 N–H and O–H groups in total. The fraction of sp³-hybridized carbons (Fsp3) is 0.625. The lowest BCUT2D eigenvalue weighted by Crippen LogP contribution is -2.53. The van der Waals surface area contributed by atoms with Gasteiger partial charge in [0.25, 0.3) is 0 Å². The number of aryl methyl sites for hydroxylation is 1. The van der Waals surface area contributed by atoms with E-state index >= 15 is 0 Å². The van der Waals surface area contributed by atoms with E-state index in [9.17, 15) is 13.5 Å². The molecule has 3 rings (SSSR count). The van der Waals surface area contributed by atoms with Gasteiger partial charge in [0.1, 0.15) is 0 Å². The molecule has 1 aromatic rings. The molecular formula is C16H24N2O3S. The van der Waals surface area contributed by atoms with Crippen LogP contribution in [0.25, 0.3) is 0 Å². The molecular weight excluding hydrogens is 300 g/mol.